The number of rotatable bonds is 8. The summed E-state index contributed by atoms with van der Waals surface area (Å²) in [5.74, 6) is 0.221. The summed E-state index contributed by atoms with van der Waals surface area (Å²) >= 11 is 0. The quantitative estimate of drug-likeness (QED) is 0.735. The van der Waals surface area contributed by atoms with Crippen molar-refractivity contribution in [2.75, 3.05) is 6.54 Å². The second-order valence-electron chi connectivity index (χ2n) is 7.75. The van der Waals surface area contributed by atoms with Gasteiger partial charge in [0.1, 0.15) is 0 Å². The topological polar surface area (TPSA) is 78.5 Å². The van der Waals surface area contributed by atoms with Crippen LogP contribution in [-0.2, 0) is 20.9 Å². The Morgan fingerprint density at radius 2 is 1.96 bits per heavy atom. The molecule has 0 bridgehead atoms. The van der Waals surface area contributed by atoms with Crippen LogP contribution in [0.25, 0.3) is 0 Å². The van der Waals surface area contributed by atoms with Crippen LogP contribution < -0.4 is 10.6 Å². The molecule has 1 aromatic rings. The highest BCUT2D eigenvalue weighted by molar-refractivity contribution is 5.81. The molecule has 2 N–H and O–H groups in total. The molecule has 2 saturated heterocycles. The van der Waals surface area contributed by atoms with Crippen molar-refractivity contribution in [3.8, 4) is 0 Å². The molecule has 3 rings (SSSR count). The second-order valence-corrected chi connectivity index (χ2v) is 7.75. The smallest absolute Gasteiger partial charge is 0.223 e. The van der Waals surface area contributed by atoms with Gasteiger partial charge < -0.3 is 15.5 Å². The lowest BCUT2D eigenvalue weighted by atomic mass is 9.88. The van der Waals surface area contributed by atoms with E-state index in [1.165, 1.54) is 0 Å². The molecule has 3 amide bonds. The predicted octanol–water partition coefficient (Wildman–Crippen LogP) is 2.13. The molecular formula is C21H29N3O3. The fourth-order valence-corrected chi connectivity index (χ4v) is 4.05. The molecular weight excluding hydrogens is 342 g/mol. The van der Waals surface area contributed by atoms with Gasteiger partial charge in [-0.05, 0) is 31.2 Å². The van der Waals surface area contributed by atoms with Crippen LogP contribution in [0.3, 0.4) is 0 Å². The van der Waals surface area contributed by atoms with E-state index in [2.05, 4.69) is 17.6 Å². The Kier molecular flexibility index (Phi) is 6.14. The molecule has 1 aromatic carbocycles. The first-order valence-electron chi connectivity index (χ1n) is 9.92. The Morgan fingerprint density at radius 1 is 1.19 bits per heavy atom. The molecule has 2 atom stereocenters. The normalized spacial score (nSPS) is 24.6. The van der Waals surface area contributed by atoms with Crippen molar-refractivity contribution in [2.24, 2.45) is 0 Å². The number of carbonyl (C=O) groups is 3. The van der Waals surface area contributed by atoms with Gasteiger partial charge in [0.15, 0.2) is 0 Å². The van der Waals surface area contributed by atoms with Crippen LogP contribution in [0.5, 0.6) is 0 Å². The number of amides is 3. The van der Waals surface area contributed by atoms with Gasteiger partial charge in [-0.3, -0.25) is 14.4 Å². The van der Waals surface area contributed by atoms with Gasteiger partial charge in [-0.15, -0.1) is 0 Å². The number of nitrogens with zero attached hydrogens (tertiary/aromatic N) is 1. The van der Waals surface area contributed by atoms with Crippen molar-refractivity contribution in [1.29, 1.82) is 0 Å². The van der Waals surface area contributed by atoms with Crippen LogP contribution in [0, 0.1) is 0 Å². The first kappa shape index (κ1) is 19.4. The van der Waals surface area contributed by atoms with E-state index in [1.54, 1.807) is 0 Å². The van der Waals surface area contributed by atoms with Crippen molar-refractivity contribution in [3.05, 3.63) is 35.9 Å². The fourth-order valence-electron chi connectivity index (χ4n) is 4.05. The maximum absolute atomic E-state index is 13.0. The summed E-state index contributed by atoms with van der Waals surface area (Å²) in [5.41, 5.74) is 0.835. The lowest BCUT2D eigenvalue weighted by Gasteiger charge is -2.30. The van der Waals surface area contributed by atoms with Gasteiger partial charge in [-0.1, -0.05) is 37.3 Å². The Morgan fingerprint density at radius 3 is 2.56 bits per heavy atom. The van der Waals surface area contributed by atoms with Gasteiger partial charge in [0.2, 0.25) is 17.7 Å². The molecule has 0 aliphatic carbocycles. The monoisotopic (exact) mass is 371 g/mol. The highest BCUT2D eigenvalue weighted by atomic mass is 16.2. The molecule has 2 heterocycles. The van der Waals surface area contributed by atoms with Crippen molar-refractivity contribution in [1.82, 2.24) is 15.5 Å². The van der Waals surface area contributed by atoms with Crippen LogP contribution in [0.15, 0.2) is 30.3 Å². The molecule has 1 unspecified atom stereocenters. The summed E-state index contributed by atoms with van der Waals surface area (Å²) in [6.45, 7) is 3.13. The number of nitrogens with one attached hydrogen (secondary N) is 2. The Hall–Kier alpha value is -2.37. The minimum Gasteiger partial charge on any atom is -0.352 e. The minimum absolute atomic E-state index is 0.0245. The molecule has 0 spiro atoms. The SMILES string of the molecule is CCC1(CCC(=O)N(Cc2ccccc2)C[C@@H]2CCC(=O)N2)CCC(=O)N1. The molecule has 2 aliphatic heterocycles. The third-order valence-corrected chi connectivity index (χ3v) is 5.82. The summed E-state index contributed by atoms with van der Waals surface area (Å²) in [7, 11) is 0. The van der Waals surface area contributed by atoms with Gasteiger partial charge in [0.05, 0.1) is 0 Å². The zero-order valence-corrected chi connectivity index (χ0v) is 16.0. The Balaban J connectivity index is 1.64. The van der Waals surface area contributed by atoms with Crippen LogP contribution in [0.2, 0.25) is 0 Å². The molecule has 6 heteroatoms. The average molecular weight is 371 g/mol. The van der Waals surface area contributed by atoms with Crippen LogP contribution in [-0.4, -0.2) is 40.7 Å². The van der Waals surface area contributed by atoms with E-state index < -0.39 is 0 Å². The second kappa shape index (κ2) is 8.55. The number of benzene rings is 1. The minimum atomic E-state index is -0.243. The standard InChI is InChI=1S/C21H29N3O3/c1-2-21(12-10-19(26)23-21)13-11-20(27)24(14-16-6-4-3-5-7-16)15-17-8-9-18(25)22-17/h3-7,17H,2,8-15H2,1H3,(H,22,25)(H,23,26)/t17-,21?/m0/s1. The summed E-state index contributed by atoms with van der Waals surface area (Å²) < 4.78 is 0. The third kappa shape index (κ3) is 5.08. The van der Waals surface area contributed by atoms with E-state index in [0.29, 0.717) is 38.8 Å². The number of hydrogen-bond acceptors (Lipinski definition) is 3. The largest absolute Gasteiger partial charge is 0.352 e. The lowest BCUT2D eigenvalue weighted by molar-refractivity contribution is -0.133. The summed E-state index contributed by atoms with van der Waals surface area (Å²) in [6.07, 6.45) is 4.55. The number of carbonyl (C=O) groups excluding carboxylic acids is 3. The van der Waals surface area contributed by atoms with Crippen LogP contribution in [0.1, 0.15) is 57.4 Å². The molecule has 0 saturated carbocycles. The first-order chi connectivity index (χ1) is 13.0. The van der Waals surface area contributed by atoms with E-state index in [4.69, 9.17) is 0 Å². The zero-order valence-electron chi connectivity index (χ0n) is 16.0. The fraction of sp³-hybridized carbons (Fsp3) is 0.571. The molecule has 2 fully saturated rings. The molecule has 146 valence electrons. The van der Waals surface area contributed by atoms with E-state index >= 15 is 0 Å². The van der Waals surface area contributed by atoms with Crippen molar-refractivity contribution < 1.29 is 14.4 Å². The zero-order chi connectivity index (χ0) is 19.3. The average Bonchev–Trinajstić information content (AvgIpc) is 3.26. The van der Waals surface area contributed by atoms with Crippen LogP contribution in [0.4, 0.5) is 0 Å². The summed E-state index contributed by atoms with van der Waals surface area (Å²) in [5, 5.41) is 6.03. The lowest BCUT2D eigenvalue weighted by Crippen LogP contribution is -2.44. The van der Waals surface area contributed by atoms with Gasteiger partial charge in [0.25, 0.3) is 0 Å². The third-order valence-electron chi connectivity index (χ3n) is 5.82. The molecule has 6 nitrogen and oxygen atoms in total. The first-order valence-corrected chi connectivity index (χ1v) is 9.92. The van der Waals surface area contributed by atoms with E-state index in [0.717, 1.165) is 24.8 Å². The summed E-state index contributed by atoms with van der Waals surface area (Å²) in [4.78, 5) is 38.0. The van der Waals surface area contributed by atoms with Crippen LogP contribution >= 0.6 is 0 Å². The summed E-state index contributed by atoms with van der Waals surface area (Å²) in [6, 6.07) is 9.94. The van der Waals surface area contributed by atoms with E-state index in [9.17, 15) is 14.4 Å². The maximum Gasteiger partial charge on any atom is 0.223 e. The Labute approximate surface area is 160 Å². The molecule has 2 aliphatic rings. The molecule has 0 radical (unpaired) electrons. The maximum atomic E-state index is 13.0. The van der Waals surface area contributed by atoms with E-state index in [-0.39, 0.29) is 29.3 Å². The molecule has 0 aromatic heterocycles. The van der Waals surface area contributed by atoms with Crippen molar-refractivity contribution in [3.63, 3.8) is 0 Å². The predicted molar refractivity (Wildman–Crippen MR) is 103 cm³/mol. The van der Waals surface area contributed by atoms with Gasteiger partial charge in [0, 0.05) is 43.9 Å². The van der Waals surface area contributed by atoms with Gasteiger partial charge in [-0.2, -0.15) is 0 Å². The highest BCUT2D eigenvalue weighted by Crippen LogP contribution is 2.29. The highest BCUT2D eigenvalue weighted by Gasteiger charge is 2.36. The van der Waals surface area contributed by atoms with Gasteiger partial charge in [-0.25, -0.2) is 0 Å². The number of hydrogen-bond donors (Lipinski definition) is 2. The van der Waals surface area contributed by atoms with E-state index in [1.807, 2.05) is 35.2 Å². The van der Waals surface area contributed by atoms with Gasteiger partial charge >= 0.3 is 0 Å². The molecule has 27 heavy (non-hydrogen) atoms. The van der Waals surface area contributed by atoms with Crippen molar-refractivity contribution >= 4 is 17.7 Å². The Bertz CT molecular complexity index is 691. The van der Waals surface area contributed by atoms with Crippen molar-refractivity contribution in [2.45, 2.75) is 70.0 Å².